The minimum atomic E-state index is -3.56. The van der Waals surface area contributed by atoms with Gasteiger partial charge in [0.1, 0.15) is 17.1 Å². The number of methoxy groups -OCH3 is 1. The maximum atomic E-state index is 14.2. The fourth-order valence-electron chi connectivity index (χ4n) is 3.38. The number of rotatable bonds is 9. The van der Waals surface area contributed by atoms with E-state index in [4.69, 9.17) is 4.74 Å². The van der Waals surface area contributed by atoms with Crippen LogP contribution in [0.4, 0.5) is 9.52 Å². The first-order chi connectivity index (χ1) is 16.4. The first kappa shape index (κ1) is 23.8. The lowest BCUT2D eigenvalue weighted by molar-refractivity contribution is -0.118. The molecule has 0 saturated carbocycles. The van der Waals surface area contributed by atoms with Crippen molar-refractivity contribution in [1.82, 2.24) is 9.97 Å². The predicted molar refractivity (Wildman–Crippen MR) is 129 cm³/mol. The quantitative estimate of drug-likeness (QED) is 0.334. The lowest BCUT2D eigenvalue weighted by Crippen LogP contribution is -2.30. The minimum absolute atomic E-state index is 0.0133. The molecular weight excluding hydrogens is 477 g/mol. The van der Waals surface area contributed by atoms with Gasteiger partial charge in [0.2, 0.25) is 5.91 Å². The molecule has 0 aliphatic heterocycles. The van der Waals surface area contributed by atoms with Gasteiger partial charge in [-0.2, -0.15) is 0 Å². The first-order valence-electron chi connectivity index (χ1n) is 10.5. The molecule has 0 fully saturated rings. The number of halogens is 1. The van der Waals surface area contributed by atoms with Crippen LogP contribution in [0.15, 0.2) is 71.8 Å². The van der Waals surface area contributed by atoms with Crippen molar-refractivity contribution in [3.05, 3.63) is 78.4 Å². The van der Waals surface area contributed by atoms with Gasteiger partial charge < -0.3 is 4.74 Å². The number of sulfone groups is 1. The minimum Gasteiger partial charge on any atom is -0.497 e. The van der Waals surface area contributed by atoms with Crippen molar-refractivity contribution in [2.45, 2.75) is 24.3 Å². The SMILES string of the molecule is COc1ccc(S(=O)(=O)CCCC(=O)N(Cc2ccccn2)c2nc3c(F)cccc3s2)cc1. The normalized spacial score (nSPS) is 11.5. The number of hydrogen-bond donors (Lipinski definition) is 0. The molecule has 0 N–H and O–H groups in total. The lowest BCUT2D eigenvalue weighted by atomic mass is 10.2. The Kier molecular flexibility index (Phi) is 7.18. The molecule has 0 saturated heterocycles. The van der Waals surface area contributed by atoms with E-state index in [1.54, 1.807) is 42.6 Å². The number of para-hydroxylation sites is 1. The molecule has 0 unspecified atom stereocenters. The predicted octanol–water partition coefficient (Wildman–Crippen LogP) is 4.63. The number of anilines is 1. The highest BCUT2D eigenvalue weighted by molar-refractivity contribution is 7.91. The molecule has 0 aliphatic rings. The smallest absolute Gasteiger partial charge is 0.229 e. The van der Waals surface area contributed by atoms with Gasteiger partial charge in [0.05, 0.1) is 34.7 Å². The second-order valence-corrected chi connectivity index (χ2v) is 10.6. The van der Waals surface area contributed by atoms with Crippen LogP contribution in [0.1, 0.15) is 18.5 Å². The Hall–Kier alpha value is -3.37. The second-order valence-electron chi connectivity index (χ2n) is 7.48. The summed E-state index contributed by atoms with van der Waals surface area (Å²) in [6.45, 7) is 0.145. The molecule has 34 heavy (non-hydrogen) atoms. The molecule has 0 aliphatic carbocycles. The zero-order chi connectivity index (χ0) is 24.1. The van der Waals surface area contributed by atoms with E-state index in [1.807, 2.05) is 6.07 Å². The number of aromatic nitrogens is 2. The summed E-state index contributed by atoms with van der Waals surface area (Å²) in [7, 11) is -2.05. The molecule has 4 aromatic rings. The molecule has 0 radical (unpaired) electrons. The molecular formula is C24H22FN3O4S2. The van der Waals surface area contributed by atoms with Gasteiger partial charge in [-0.3, -0.25) is 14.7 Å². The van der Waals surface area contributed by atoms with Crippen LogP contribution in [0.25, 0.3) is 10.2 Å². The second kappa shape index (κ2) is 10.3. The van der Waals surface area contributed by atoms with Gasteiger partial charge in [-0.25, -0.2) is 17.8 Å². The van der Waals surface area contributed by atoms with Crippen LogP contribution in [-0.2, 0) is 21.2 Å². The average Bonchev–Trinajstić information content (AvgIpc) is 3.28. The summed E-state index contributed by atoms with van der Waals surface area (Å²) in [6.07, 6.45) is 1.74. The van der Waals surface area contributed by atoms with E-state index in [9.17, 15) is 17.6 Å². The largest absolute Gasteiger partial charge is 0.497 e. The molecule has 10 heteroatoms. The van der Waals surface area contributed by atoms with Crippen LogP contribution in [0.3, 0.4) is 0 Å². The summed E-state index contributed by atoms with van der Waals surface area (Å²) >= 11 is 1.20. The molecule has 2 aromatic heterocycles. The number of carbonyl (C=O) groups is 1. The Bertz CT molecular complexity index is 1390. The molecule has 2 aromatic carbocycles. The molecule has 176 valence electrons. The maximum Gasteiger partial charge on any atom is 0.229 e. The zero-order valence-corrected chi connectivity index (χ0v) is 20.0. The van der Waals surface area contributed by atoms with Crippen LogP contribution >= 0.6 is 11.3 Å². The van der Waals surface area contributed by atoms with E-state index in [1.165, 1.54) is 41.5 Å². The Morgan fingerprint density at radius 1 is 1.09 bits per heavy atom. The third kappa shape index (κ3) is 5.40. The van der Waals surface area contributed by atoms with Gasteiger partial charge in [0.25, 0.3) is 0 Å². The number of carbonyl (C=O) groups excluding carboxylic acids is 1. The van der Waals surface area contributed by atoms with Gasteiger partial charge in [-0.05, 0) is 55.0 Å². The molecule has 0 spiro atoms. The van der Waals surface area contributed by atoms with E-state index >= 15 is 0 Å². The van der Waals surface area contributed by atoms with E-state index in [0.29, 0.717) is 21.3 Å². The summed E-state index contributed by atoms with van der Waals surface area (Å²) in [5, 5.41) is 0.341. The van der Waals surface area contributed by atoms with Crippen molar-refractivity contribution in [3.63, 3.8) is 0 Å². The van der Waals surface area contributed by atoms with E-state index in [0.717, 1.165) is 0 Å². The van der Waals surface area contributed by atoms with Crippen molar-refractivity contribution < 1.29 is 22.3 Å². The number of amides is 1. The van der Waals surface area contributed by atoms with Crippen LogP contribution in [0.5, 0.6) is 5.75 Å². The summed E-state index contributed by atoms with van der Waals surface area (Å²) in [5.41, 5.74) is 0.838. The Morgan fingerprint density at radius 2 is 1.88 bits per heavy atom. The van der Waals surface area contributed by atoms with Gasteiger partial charge in [0, 0.05) is 12.6 Å². The fraction of sp³-hybridized carbons (Fsp3) is 0.208. The number of nitrogens with zero attached hydrogens (tertiary/aromatic N) is 3. The monoisotopic (exact) mass is 499 g/mol. The standard InChI is InChI=1S/C24H22FN3O4S2/c1-32-18-10-12-19(13-11-18)34(30,31)15-5-9-22(29)28(16-17-6-2-3-14-26-17)24-27-23-20(25)7-4-8-21(23)33-24/h2-4,6-8,10-14H,5,9,15-16H2,1H3. The summed E-state index contributed by atoms with van der Waals surface area (Å²) in [5.74, 6) is -0.394. The number of hydrogen-bond acceptors (Lipinski definition) is 7. The number of benzene rings is 2. The van der Waals surface area contributed by atoms with Crippen molar-refractivity contribution >= 4 is 42.4 Å². The van der Waals surface area contributed by atoms with Crippen LogP contribution in [0.2, 0.25) is 0 Å². The number of ether oxygens (including phenoxy) is 1. The highest BCUT2D eigenvalue weighted by Crippen LogP contribution is 2.31. The zero-order valence-electron chi connectivity index (χ0n) is 18.3. The average molecular weight is 500 g/mol. The van der Waals surface area contributed by atoms with Crippen LogP contribution in [0, 0.1) is 5.82 Å². The summed E-state index contributed by atoms with van der Waals surface area (Å²) < 4.78 is 45.2. The Balaban J connectivity index is 1.51. The highest BCUT2D eigenvalue weighted by atomic mass is 32.2. The van der Waals surface area contributed by atoms with Gasteiger partial charge in [-0.15, -0.1) is 0 Å². The molecule has 0 bridgehead atoms. The van der Waals surface area contributed by atoms with Crippen molar-refractivity contribution in [2.24, 2.45) is 0 Å². The third-order valence-corrected chi connectivity index (χ3v) is 8.02. The van der Waals surface area contributed by atoms with E-state index < -0.39 is 15.7 Å². The van der Waals surface area contributed by atoms with E-state index in [2.05, 4.69) is 9.97 Å². The number of pyridine rings is 1. The molecule has 7 nitrogen and oxygen atoms in total. The molecule has 0 atom stereocenters. The third-order valence-electron chi connectivity index (χ3n) is 5.16. The Morgan fingerprint density at radius 3 is 2.56 bits per heavy atom. The first-order valence-corrected chi connectivity index (χ1v) is 13.0. The fourth-order valence-corrected chi connectivity index (χ4v) is 5.69. The summed E-state index contributed by atoms with van der Waals surface area (Å²) in [6, 6.07) is 16.1. The number of thiazole rings is 1. The van der Waals surface area contributed by atoms with Crippen molar-refractivity contribution in [3.8, 4) is 5.75 Å². The number of fused-ring (bicyclic) bond motifs is 1. The van der Waals surface area contributed by atoms with Gasteiger partial charge in [-0.1, -0.05) is 23.5 Å². The van der Waals surface area contributed by atoms with Crippen molar-refractivity contribution in [1.29, 1.82) is 0 Å². The Labute approximate surface area is 200 Å². The van der Waals surface area contributed by atoms with Crippen molar-refractivity contribution in [2.75, 3.05) is 17.8 Å². The molecule has 4 rings (SSSR count). The highest BCUT2D eigenvalue weighted by Gasteiger charge is 2.23. The topological polar surface area (TPSA) is 89.5 Å². The summed E-state index contributed by atoms with van der Waals surface area (Å²) in [4.78, 5) is 23.4. The van der Waals surface area contributed by atoms with Gasteiger partial charge in [0.15, 0.2) is 15.0 Å². The molecule has 1 amide bonds. The van der Waals surface area contributed by atoms with Crippen LogP contribution < -0.4 is 9.64 Å². The maximum absolute atomic E-state index is 14.2. The van der Waals surface area contributed by atoms with Gasteiger partial charge >= 0.3 is 0 Å². The molecule has 2 heterocycles. The lowest BCUT2D eigenvalue weighted by Gasteiger charge is -2.19. The van der Waals surface area contributed by atoms with Crippen LogP contribution in [-0.4, -0.2) is 37.2 Å². The van der Waals surface area contributed by atoms with E-state index in [-0.39, 0.29) is 41.5 Å².